The number of amides is 2. The molecule has 24 heavy (non-hydrogen) atoms. The molecule has 0 saturated heterocycles. The molecule has 0 unspecified atom stereocenters. The molecule has 1 heterocycles. The fraction of sp³-hybridized carbons (Fsp3) is 0.235. The predicted octanol–water partition coefficient (Wildman–Crippen LogP) is 1.73. The van der Waals surface area contributed by atoms with Crippen LogP contribution < -0.4 is 10.6 Å². The van der Waals surface area contributed by atoms with E-state index in [-0.39, 0.29) is 37.9 Å². The number of carbonyl (C=O) groups excluding carboxylic acids is 3. The van der Waals surface area contributed by atoms with E-state index in [0.29, 0.717) is 4.88 Å². The van der Waals surface area contributed by atoms with Gasteiger partial charge in [0, 0.05) is 13.0 Å². The first-order valence-electron chi connectivity index (χ1n) is 7.43. The van der Waals surface area contributed by atoms with Gasteiger partial charge in [-0.15, -0.1) is 11.3 Å². The Kier molecular flexibility index (Phi) is 6.97. The second-order valence-corrected chi connectivity index (χ2v) is 5.85. The molecule has 0 fully saturated rings. The number of thiophene rings is 1. The second-order valence-electron chi connectivity index (χ2n) is 4.91. The predicted molar refractivity (Wildman–Crippen MR) is 90.5 cm³/mol. The third-order valence-electron chi connectivity index (χ3n) is 3.06. The number of rotatable bonds is 8. The highest BCUT2D eigenvalue weighted by atomic mass is 32.1. The van der Waals surface area contributed by atoms with Crippen LogP contribution >= 0.6 is 11.3 Å². The normalized spacial score (nSPS) is 10.0. The van der Waals surface area contributed by atoms with Gasteiger partial charge in [0.1, 0.15) is 13.2 Å². The summed E-state index contributed by atoms with van der Waals surface area (Å²) in [5.74, 6) is -1.03. The molecule has 0 radical (unpaired) electrons. The van der Waals surface area contributed by atoms with Crippen molar-refractivity contribution < 1.29 is 19.1 Å². The van der Waals surface area contributed by atoms with E-state index in [1.807, 2.05) is 35.7 Å². The number of hydrogen-bond donors (Lipinski definition) is 2. The third-order valence-corrected chi connectivity index (χ3v) is 3.92. The van der Waals surface area contributed by atoms with Crippen LogP contribution in [0.15, 0.2) is 47.8 Å². The SMILES string of the molecule is O=C(CCNC(=O)c1cccs1)NCC(=O)OCc1ccccc1. The van der Waals surface area contributed by atoms with Crippen LogP contribution in [0.5, 0.6) is 0 Å². The van der Waals surface area contributed by atoms with Crippen LogP contribution in [0.4, 0.5) is 0 Å². The Morgan fingerprint density at radius 3 is 2.50 bits per heavy atom. The van der Waals surface area contributed by atoms with Crippen molar-refractivity contribution in [3.05, 3.63) is 58.3 Å². The van der Waals surface area contributed by atoms with Crippen LogP contribution in [0.2, 0.25) is 0 Å². The van der Waals surface area contributed by atoms with E-state index in [0.717, 1.165) is 5.56 Å². The van der Waals surface area contributed by atoms with Crippen LogP contribution in [0.1, 0.15) is 21.7 Å². The molecule has 126 valence electrons. The summed E-state index contributed by atoms with van der Waals surface area (Å²) in [6.45, 7) is 0.193. The Morgan fingerprint density at radius 1 is 1.00 bits per heavy atom. The number of ether oxygens (including phenoxy) is 1. The van der Waals surface area contributed by atoms with E-state index in [2.05, 4.69) is 10.6 Å². The van der Waals surface area contributed by atoms with Gasteiger partial charge >= 0.3 is 5.97 Å². The Morgan fingerprint density at radius 2 is 1.79 bits per heavy atom. The molecule has 0 aliphatic carbocycles. The first-order valence-corrected chi connectivity index (χ1v) is 8.31. The Bertz CT molecular complexity index is 671. The number of carbonyl (C=O) groups is 3. The molecule has 0 aliphatic heterocycles. The summed E-state index contributed by atoms with van der Waals surface area (Å²) in [4.78, 5) is 35.4. The van der Waals surface area contributed by atoms with Gasteiger partial charge in [0.25, 0.3) is 5.91 Å². The summed E-state index contributed by atoms with van der Waals surface area (Å²) in [6, 6.07) is 12.8. The minimum Gasteiger partial charge on any atom is -0.460 e. The zero-order valence-corrected chi connectivity index (χ0v) is 13.8. The molecule has 1 aromatic heterocycles. The maximum absolute atomic E-state index is 11.7. The molecule has 6 nitrogen and oxygen atoms in total. The molecule has 7 heteroatoms. The first kappa shape index (κ1) is 17.7. The third kappa shape index (κ3) is 6.21. The van der Waals surface area contributed by atoms with Gasteiger partial charge < -0.3 is 15.4 Å². The average Bonchev–Trinajstić information content (AvgIpc) is 3.13. The van der Waals surface area contributed by atoms with Gasteiger partial charge in [-0.2, -0.15) is 0 Å². The molecular formula is C17H18N2O4S. The molecule has 0 spiro atoms. The fourth-order valence-corrected chi connectivity index (χ4v) is 2.47. The molecule has 2 N–H and O–H groups in total. The summed E-state index contributed by atoms with van der Waals surface area (Å²) in [7, 11) is 0. The Labute approximate surface area is 143 Å². The summed E-state index contributed by atoms with van der Waals surface area (Å²) >= 11 is 1.33. The average molecular weight is 346 g/mol. The fourth-order valence-electron chi connectivity index (χ4n) is 1.83. The maximum Gasteiger partial charge on any atom is 0.325 e. The highest BCUT2D eigenvalue weighted by molar-refractivity contribution is 7.12. The van der Waals surface area contributed by atoms with Gasteiger partial charge in [-0.1, -0.05) is 36.4 Å². The zero-order chi connectivity index (χ0) is 17.2. The molecule has 2 aromatic rings. The lowest BCUT2D eigenvalue weighted by atomic mass is 10.2. The molecule has 0 aliphatic rings. The van der Waals surface area contributed by atoms with Crippen LogP contribution in [-0.2, 0) is 20.9 Å². The Balaban J connectivity index is 1.57. The van der Waals surface area contributed by atoms with Gasteiger partial charge in [-0.3, -0.25) is 14.4 Å². The van der Waals surface area contributed by atoms with E-state index in [1.54, 1.807) is 12.1 Å². The van der Waals surface area contributed by atoms with E-state index in [1.165, 1.54) is 11.3 Å². The molecule has 0 atom stereocenters. The van der Waals surface area contributed by atoms with Crippen LogP contribution in [0, 0.1) is 0 Å². The van der Waals surface area contributed by atoms with E-state index >= 15 is 0 Å². The monoisotopic (exact) mass is 346 g/mol. The smallest absolute Gasteiger partial charge is 0.325 e. The molecule has 0 bridgehead atoms. The maximum atomic E-state index is 11.7. The van der Waals surface area contributed by atoms with Crippen LogP contribution in [0.3, 0.4) is 0 Å². The Hall–Kier alpha value is -2.67. The van der Waals surface area contributed by atoms with Crippen molar-refractivity contribution in [2.45, 2.75) is 13.0 Å². The van der Waals surface area contributed by atoms with Crippen LogP contribution in [0.25, 0.3) is 0 Å². The number of benzene rings is 1. The van der Waals surface area contributed by atoms with Crippen LogP contribution in [-0.4, -0.2) is 30.9 Å². The van der Waals surface area contributed by atoms with Gasteiger partial charge in [0.15, 0.2) is 0 Å². The highest BCUT2D eigenvalue weighted by Crippen LogP contribution is 2.07. The van der Waals surface area contributed by atoms with Crippen molar-refractivity contribution in [2.24, 2.45) is 0 Å². The lowest BCUT2D eigenvalue weighted by Gasteiger charge is -2.07. The van der Waals surface area contributed by atoms with Crippen molar-refractivity contribution in [3.63, 3.8) is 0 Å². The van der Waals surface area contributed by atoms with Gasteiger partial charge in [-0.05, 0) is 17.0 Å². The van der Waals surface area contributed by atoms with Crippen molar-refractivity contribution >= 4 is 29.1 Å². The molecule has 2 amide bonds. The minimum atomic E-state index is -0.505. The number of esters is 1. The molecular weight excluding hydrogens is 328 g/mol. The van der Waals surface area contributed by atoms with E-state index in [9.17, 15) is 14.4 Å². The quantitative estimate of drug-likeness (QED) is 0.713. The standard InChI is InChI=1S/C17H18N2O4S/c20-15(8-9-18-17(22)14-7-4-10-24-14)19-11-16(21)23-12-13-5-2-1-3-6-13/h1-7,10H,8-9,11-12H2,(H,18,22)(H,19,20). The van der Waals surface area contributed by atoms with E-state index in [4.69, 9.17) is 4.74 Å². The summed E-state index contributed by atoms with van der Waals surface area (Å²) < 4.78 is 5.05. The molecule has 0 saturated carbocycles. The molecule has 2 rings (SSSR count). The van der Waals surface area contributed by atoms with Crippen molar-refractivity contribution in [2.75, 3.05) is 13.1 Å². The highest BCUT2D eigenvalue weighted by Gasteiger charge is 2.09. The molecule has 1 aromatic carbocycles. The van der Waals surface area contributed by atoms with Crippen molar-refractivity contribution in [3.8, 4) is 0 Å². The lowest BCUT2D eigenvalue weighted by molar-refractivity contribution is -0.145. The summed E-state index contributed by atoms with van der Waals surface area (Å²) in [5.41, 5.74) is 0.883. The van der Waals surface area contributed by atoms with Crippen molar-refractivity contribution in [1.29, 1.82) is 0 Å². The first-order chi connectivity index (χ1) is 11.6. The second kappa shape index (κ2) is 9.46. The van der Waals surface area contributed by atoms with Crippen molar-refractivity contribution in [1.82, 2.24) is 10.6 Å². The zero-order valence-electron chi connectivity index (χ0n) is 13.0. The minimum absolute atomic E-state index is 0.100. The van der Waals surface area contributed by atoms with Gasteiger partial charge in [0.05, 0.1) is 4.88 Å². The van der Waals surface area contributed by atoms with Gasteiger partial charge in [0.2, 0.25) is 5.91 Å². The number of hydrogen-bond acceptors (Lipinski definition) is 5. The summed E-state index contributed by atoms with van der Waals surface area (Å²) in [6.07, 6.45) is 0.100. The summed E-state index contributed by atoms with van der Waals surface area (Å²) in [5, 5.41) is 6.92. The topological polar surface area (TPSA) is 84.5 Å². The number of nitrogens with one attached hydrogen (secondary N) is 2. The van der Waals surface area contributed by atoms with E-state index < -0.39 is 5.97 Å². The van der Waals surface area contributed by atoms with Gasteiger partial charge in [-0.25, -0.2) is 0 Å². The lowest BCUT2D eigenvalue weighted by Crippen LogP contribution is -2.33. The largest absolute Gasteiger partial charge is 0.460 e.